The van der Waals surface area contributed by atoms with Gasteiger partial charge in [0, 0.05) is 30.0 Å². The quantitative estimate of drug-likeness (QED) is 0.398. The van der Waals surface area contributed by atoms with Crippen LogP contribution in [0.2, 0.25) is 0 Å². The molecule has 2 unspecified atom stereocenters. The molecular weight excluding hydrogens is 454 g/mol. The second kappa shape index (κ2) is 8.72. The first-order chi connectivity index (χ1) is 17.5. The summed E-state index contributed by atoms with van der Waals surface area (Å²) in [4.78, 5) is 8.93. The van der Waals surface area contributed by atoms with E-state index in [4.69, 9.17) is 16.2 Å². The number of hydrogen-bond acceptors (Lipinski definition) is 8. The number of nitrogens with two attached hydrogens (primary N) is 2. The highest BCUT2D eigenvalue weighted by molar-refractivity contribution is 5.84. The number of aromatic nitrogens is 4. The lowest BCUT2D eigenvalue weighted by Crippen LogP contribution is -2.56. The Morgan fingerprint density at radius 1 is 1.11 bits per heavy atom. The maximum Gasteiger partial charge on any atom is 0.199 e. The second-order valence-corrected chi connectivity index (χ2v) is 9.23. The summed E-state index contributed by atoms with van der Waals surface area (Å²) in [6, 6.07) is 16.5. The number of anilines is 1. The molecule has 0 saturated carbocycles. The molecule has 4 heterocycles. The number of fused-ring (bicyclic) bond motifs is 2. The first-order valence-corrected chi connectivity index (χ1v) is 12.0. The lowest BCUT2D eigenvalue weighted by molar-refractivity contribution is 0.229. The van der Waals surface area contributed by atoms with Crippen LogP contribution in [0.4, 0.5) is 11.5 Å². The molecule has 0 saturated heterocycles. The molecule has 6 rings (SSSR count). The van der Waals surface area contributed by atoms with Crippen molar-refractivity contribution in [2.24, 2.45) is 16.5 Å². The van der Waals surface area contributed by atoms with Gasteiger partial charge in [-0.25, -0.2) is 4.68 Å². The molecule has 4 aromatic rings. The summed E-state index contributed by atoms with van der Waals surface area (Å²) >= 11 is 0. The van der Waals surface area contributed by atoms with Crippen molar-refractivity contribution in [3.8, 4) is 11.4 Å². The summed E-state index contributed by atoms with van der Waals surface area (Å²) in [5.41, 5.74) is 19.6. The van der Waals surface area contributed by atoms with E-state index >= 15 is 0 Å². The van der Waals surface area contributed by atoms with E-state index in [1.54, 1.807) is 13.3 Å². The molecule has 0 amide bonds. The molecule has 184 valence electrons. The highest BCUT2D eigenvalue weighted by Crippen LogP contribution is 2.36. The number of rotatable bonds is 5. The fraction of sp³-hybridized carbons (Fsp3) is 0.269. The van der Waals surface area contributed by atoms with E-state index in [9.17, 15) is 0 Å². The Kier molecular flexibility index (Phi) is 5.37. The summed E-state index contributed by atoms with van der Waals surface area (Å²) in [5.74, 6) is 1.86. The Balaban J connectivity index is 1.30. The predicted molar refractivity (Wildman–Crippen MR) is 138 cm³/mol. The molecule has 10 heteroatoms. The highest BCUT2D eigenvalue weighted by Gasteiger charge is 2.36. The molecule has 0 aliphatic carbocycles. The molecule has 0 bridgehead atoms. The molecule has 0 spiro atoms. The van der Waals surface area contributed by atoms with Gasteiger partial charge in [-0.3, -0.25) is 5.10 Å². The largest absolute Gasteiger partial charge is 0.497 e. The van der Waals surface area contributed by atoms with Crippen molar-refractivity contribution in [2.45, 2.75) is 32.1 Å². The molecule has 2 aromatic carbocycles. The number of hydrogen-bond donors (Lipinski definition) is 3. The number of aliphatic imine (C=N–C) groups is 1. The number of guanidine groups is 1. The first kappa shape index (κ1) is 22.2. The summed E-state index contributed by atoms with van der Waals surface area (Å²) in [5, 5.41) is 11.7. The lowest BCUT2D eigenvalue weighted by atomic mass is 9.95. The van der Waals surface area contributed by atoms with Gasteiger partial charge in [-0.2, -0.15) is 15.2 Å². The minimum atomic E-state index is -0.409. The van der Waals surface area contributed by atoms with E-state index in [2.05, 4.69) is 56.4 Å². The molecular formula is C26H29N9O. The molecule has 2 aromatic heterocycles. The average molecular weight is 484 g/mol. The van der Waals surface area contributed by atoms with Gasteiger partial charge in [-0.1, -0.05) is 18.2 Å². The van der Waals surface area contributed by atoms with Crippen molar-refractivity contribution < 1.29 is 4.74 Å². The maximum absolute atomic E-state index is 6.65. The topological polar surface area (TPSA) is 127 Å². The Morgan fingerprint density at radius 2 is 1.92 bits per heavy atom. The Labute approximate surface area is 209 Å². The van der Waals surface area contributed by atoms with Crippen LogP contribution >= 0.6 is 0 Å². The van der Waals surface area contributed by atoms with Crippen LogP contribution in [0.1, 0.15) is 28.6 Å². The minimum Gasteiger partial charge on any atom is -0.497 e. The van der Waals surface area contributed by atoms with E-state index < -0.39 is 6.17 Å². The van der Waals surface area contributed by atoms with Gasteiger partial charge in [-0.05, 0) is 49.2 Å². The van der Waals surface area contributed by atoms with E-state index in [0.717, 1.165) is 41.2 Å². The SMILES string of the molecule is COc1ccc(-n2ncc(CN3CC(N4C(N)=Nc5[nH]ncc5C4N)Cc4ccccc43)c2C)cc1. The van der Waals surface area contributed by atoms with Gasteiger partial charge in [0.15, 0.2) is 11.8 Å². The number of benzene rings is 2. The fourth-order valence-electron chi connectivity index (χ4n) is 5.26. The van der Waals surface area contributed by atoms with Crippen LogP contribution in [0.15, 0.2) is 65.9 Å². The zero-order valence-corrected chi connectivity index (χ0v) is 20.3. The molecule has 2 aliphatic heterocycles. The minimum absolute atomic E-state index is 0.0543. The summed E-state index contributed by atoms with van der Waals surface area (Å²) < 4.78 is 7.26. The van der Waals surface area contributed by atoms with E-state index in [1.807, 2.05) is 40.0 Å². The normalized spacial score (nSPS) is 19.0. The second-order valence-electron chi connectivity index (χ2n) is 9.23. The number of methoxy groups -OCH3 is 1. The number of H-pyrrole nitrogens is 1. The number of nitrogens with zero attached hydrogens (tertiary/aromatic N) is 6. The van der Waals surface area contributed by atoms with Gasteiger partial charge in [-0.15, -0.1) is 0 Å². The van der Waals surface area contributed by atoms with Crippen LogP contribution in [0.25, 0.3) is 5.69 Å². The van der Waals surface area contributed by atoms with Gasteiger partial charge in [0.2, 0.25) is 0 Å². The monoisotopic (exact) mass is 483 g/mol. The van der Waals surface area contributed by atoms with Crippen LogP contribution in [-0.4, -0.2) is 50.5 Å². The lowest BCUT2D eigenvalue weighted by Gasteiger charge is -2.44. The van der Waals surface area contributed by atoms with Gasteiger partial charge in [0.1, 0.15) is 11.9 Å². The van der Waals surface area contributed by atoms with Gasteiger partial charge >= 0.3 is 0 Å². The van der Waals surface area contributed by atoms with Gasteiger partial charge < -0.3 is 26.0 Å². The van der Waals surface area contributed by atoms with E-state index in [0.29, 0.717) is 18.3 Å². The molecule has 2 aliphatic rings. The van der Waals surface area contributed by atoms with Crippen LogP contribution < -0.4 is 21.1 Å². The van der Waals surface area contributed by atoms with Crippen molar-refractivity contribution >= 4 is 17.5 Å². The third-order valence-electron chi connectivity index (χ3n) is 7.16. The van der Waals surface area contributed by atoms with Crippen LogP contribution in [0.5, 0.6) is 5.75 Å². The molecule has 36 heavy (non-hydrogen) atoms. The Hall–Kier alpha value is -4.31. The summed E-state index contributed by atoms with van der Waals surface area (Å²) in [7, 11) is 1.67. The van der Waals surface area contributed by atoms with E-state index in [1.165, 1.54) is 11.3 Å². The van der Waals surface area contributed by atoms with Crippen molar-refractivity contribution in [3.05, 3.63) is 83.3 Å². The number of nitrogens with one attached hydrogen (secondary N) is 1. The first-order valence-electron chi connectivity index (χ1n) is 12.0. The molecule has 10 nitrogen and oxygen atoms in total. The Morgan fingerprint density at radius 3 is 2.72 bits per heavy atom. The van der Waals surface area contributed by atoms with E-state index in [-0.39, 0.29) is 6.04 Å². The van der Waals surface area contributed by atoms with Gasteiger partial charge in [0.25, 0.3) is 0 Å². The van der Waals surface area contributed by atoms with Crippen molar-refractivity contribution in [1.82, 2.24) is 24.9 Å². The Bertz CT molecular complexity index is 1420. The summed E-state index contributed by atoms with van der Waals surface area (Å²) in [6.45, 7) is 3.57. The van der Waals surface area contributed by atoms with Crippen LogP contribution in [0.3, 0.4) is 0 Å². The fourth-order valence-corrected chi connectivity index (χ4v) is 5.26. The zero-order chi connectivity index (χ0) is 24.8. The molecule has 0 radical (unpaired) electrons. The predicted octanol–water partition coefficient (Wildman–Crippen LogP) is 2.76. The number of ether oxygens (including phenoxy) is 1. The number of para-hydroxylation sites is 1. The van der Waals surface area contributed by atoms with Crippen LogP contribution in [-0.2, 0) is 13.0 Å². The average Bonchev–Trinajstić information content (AvgIpc) is 3.51. The third kappa shape index (κ3) is 3.66. The summed E-state index contributed by atoms with van der Waals surface area (Å²) in [6.07, 6.45) is 4.10. The zero-order valence-electron chi connectivity index (χ0n) is 20.3. The smallest absolute Gasteiger partial charge is 0.199 e. The molecule has 0 fully saturated rings. The van der Waals surface area contributed by atoms with Crippen molar-refractivity contribution in [2.75, 3.05) is 18.6 Å². The maximum atomic E-state index is 6.65. The van der Waals surface area contributed by atoms with Gasteiger partial charge in [0.05, 0.1) is 36.8 Å². The standard InChI is InChI=1S/C26H29N9O/c1-16-18(12-30-35(16)19-7-9-21(36-2)10-8-19)14-33-15-20(11-17-5-3-4-6-23(17)33)34-24(27)22-13-29-32-25(22)31-26(34)28/h3-10,12-13,20,24H,11,14-15,27H2,1-2H3,(H3,28,29,31,32). The number of aromatic amines is 1. The van der Waals surface area contributed by atoms with Crippen molar-refractivity contribution in [3.63, 3.8) is 0 Å². The van der Waals surface area contributed by atoms with Crippen LogP contribution in [0, 0.1) is 6.92 Å². The third-order valence-corrected chi connectivity index (χ3v) is 7.16. The highest BCUT2D eigenvalue weighted by atomic mass is 16.5. The molecule has 2 atom stereocenters. The van der Waals surface area contributed by atoms with Crippen molar-refractivity contribution in [1.29, 1.82) is 0 Å². The molecule has 5 N–H and O–H groups in total.